The number of imidazole rings is 1. The molecule has 0 saturated heterocycles. The van der Waals surface area contributed by atoms with E-state index >= 15 is 0 Å². The molecule has 0 bridgehead atoms. The van der Waals surface area contributed by atoms with Crippen molar-refractivity contribution in [3.63, 3.8) is 0 Å². The van der Waals surface area contributed by atoms with Gasteiger partial charge in [-0.25, -0.2) is 9.78 Å². The fraction of sp³-hybridized carbons (Fsp3) is 0.109. The Labute approximate surface area is 369 Å². The first-order chi connectivity index (χ1) is 31.1. The van der Waals surface area contributed by atoms with Gasteiger partial charge in [-0.1, -0.05) is 12.1 Å². The summed E-state index contributed by atoms with van der Waals surface area (Å²) in [5, 5.41) is 53.4. The van der Waals surface area contributed by atoms with Gasteiger partial charge in [-0.3, -0.25) is 24.0 Å². The van der Waals surface area contributed by atoms with E-state index in [1.54, 1.807) is 37.3 Å². The Kier molecular flexibility index (Phi) is 14.1. The normalized spacial score (nSPS) is 11.4. The minimum absolute atomic E-state index is 0.00373. The average Bonchev–Trinajstić information content (AvgIpc) is 3.80. The highest BCUT2D eigenvalue weighted by molar-refractivity contribution is 6.11. The first-order valence-electron chi connectivity index (χ1n) is 19.4. The summed E-state index contributed by atoms with van der Waals surface area (Å²) in [5.74, 6) is -6.30. The van der Waals surface area contributed by atoms with E-state index in [4.69, 9.17) is 9.47 Å². The zero-order valence-corrected chi connectivity index (χ0v) is 34.8. The number of aromatic hydroxyl groups is 3. The van der Waals surface area contributed by atoms with Gasteiger partial charge in [0.05, 0.1) is 37.5 Å². The lowest BCUT2D eigenvalue weighted by Crippen LogP contribution is -2.45. The lowest BCUT2D eigenvalue weighted by Gasteiger charge is -2.18. The van der Waals surface area contributed by atoms with Gasteiger partial charge in [0, 0.05) is 46.4 Å². The number of carbonyl (C=O) groups is 6. The summed E-state index contributed by atoms with van der Waals surface area (Å²) in [7, 11) is 2.37. The average molecular weight is 884 g/mol. The van der Waals surface area contributed by atoms with Crippen LogP contribution in [-0.2, 0) is 16.0 Å². The van der Waals surface area contributed by atoms with Gasteiger partial charge in [-0.05, 0) is 103 Å². The van der Waals surface area contributed by atoms with Crippen molar-refractivity contribution in [2.45, 2.75) is 19.4 Å². The fourth-order valence-corrected chi connectivity index (χ4v) is 6.31. The number of nitrogens with zero attached hydrogens (tertiary/aromatic N) is 1. The number of carboxylic acids is 1. The lowest BCUT2D eigenvalue weighted by atomic mass is 10.1. The van der Waals surface area contributed by atoms with Gasteiger partial charge >= 0.3 is 5.97 Å². The molecule has 0 fully saturated rings. The molecule has 0 aliphatic carbocycles. The predicted octanol–water partition coefficient (Wildman–Crippen LogP) is 5.77. The Balaban J connectivity index is 1.08. The molecule has 1 aromatic heterocycles. The summed E-state index contributed by atoms with van der Waals surface area (Å²) in [5.41, 5.74) is 1.92. The molecule has 19 heteroatoms. The minimum Gasteiger partial charge on any atom is -0.508 e. The molecule has 1 unspecified atom stereocenters. The summed E-state index contributed by atoms with van der Waals surface area (Å²) in [6.07, 6.45) is 4.66. The van der Waals surface area contributed by atoms with Crippen molar-refractivity contribution >= 4 is 64.3 Å². The maximum absolute atomic E-state index is 13.6. The predicted molar refractivity (Wildman–Crippen MR) is 238 cm³/mol. The number of hydrogen-bond donors (Lipinski definition) is 10. The number of rotatable bonds is 16. The third kappa shape index (κ3) is 11.0. The Morgan fingerprint density at radius 1 is 0.662 bits per heavy atom. The number of anilines is 4. The van der Waals surface area contributed by atoms with Gasteiger partial charge in [-0.2, -0.15) is 0 Å². The van der Waals surface area contributed by atoms with Crippen LogP contribution in [0.15, 0.2) is 115 Å². The van der Waals surface area contributed by atoms with Crippen LogP contribution in [0.25, 0.3) is 6.08 Å². The van der Waals surface area contributed by atoms with Gasteiger partial charge in [0.1, 0.15) is 17.4 Å². The number of amides is 5. The summed E-state index contributed by atoms with van der Waals surface area (Å²) >= 11 is 0. The van der Waals surface area contributed by atoms with Gasteiger partial charge in [0.25, 0.3) is 23.6 Å². The monoisotopic (exact) mass is 883 g/mol. The maximum Gasteiger partial charge on any atom is 0.339 e. The SMILES string of the molecule is COc1c(NC(=O)c2ccc(NC(=O)c3ccc(NC(=O)C(Cc4cnc[nH]4)NC(=O)c4ccc(NC(=O)/C(C)=C/c5ccc(O)cc5)cc4)cc3)c(OC)c2O)ccc(C(=O)O)c1O. The largest absolute Gasteiger partial charge is 0.508 e. The number of carbonyl (C=O) groups excluding carboxylic acids is 5. The molecule has 1 atom stereocenters. The van der Waals surface area contributed by atoms with Crippen molar-refractivity contribution in [3.05, 3.63) is 149 Å². The number of benzene rings is 5. The van der Waals surface area contributed by atoms with Crippen LogP contribution in [0.2, 0.25) is 0 Å². The number of hydrogen-bond acceptors (Lipinski definition) is 12. The number of aromatic carboxylic acids is 1. The zero-order valence-electron chi connectivity index (χ0n) is 34.8. The highest BCUT2D eigenvalue weighted by Crippen LogP contribution is 2.40. The first kappa shape index (κ1) is 45.4. The molecule has 0 aliphatic heterocycles. The Bertz CT molecular complexity index is 2790. The van der Waals surface area contributed by atoms with Crippen LogP contribution in [0.5, 0.6) is 28.7 Å². The number of H-pyrrole nitrogens is 1. The summed E-state index contributed by atoms with van der Waals surface area (Å²) in [6, 6.07) is 21.9. The quantitative estimate of drug-likeness (QED) is 0.0518. The van der Waals surface area contributed by atoms with Crippen LogP contribution in [0.4, 0.5) is 22.7 Å². The molecule has 6 rings (SSSR count). The van der Waals surface area contributed by atoms with E-state index in [-0.39, 0.29) is 57.6 Å². The molecule has 0 aliphatic rings. The molecule has 0 spiro atoms. The molecule has 1 heterocycles. The molecular formula is C46H41N7O12. The molecule has 5 amide bonds. The van der Waals surface area contributed by atoms with E-state index in [9.17, 15) is 49.2 Å². The standard InChI is InChI=1S/C46H41N7O12/c1-24(20-25-4-14-31(54)15-5-25)41(57)49-28-10-6-27(7-11-28)43(59)53-36(21-30-22-47-23-48-30)45(61)50-29-12-8-26(9-13-29)42(58)51-34-18-16-32(37(55)39(34)64-2)44(60)52-35-19-17-33(46(62)63)38(56)40(35)65-3/h4-20,22-23,36,54-56H,21H2,1-3H3,(H,47,48)(H,49,57)(H,50,61)(H,51,58)(H,52,60)(H,53,59)(H,62,63)/b24-20+. The second kappa shape index (κ2) is 20.2. The van der Waals surface area contributed by atoms with Crippen molar-refractivity contribution in [3.8, 4) is 28.7 Å². The van der Waals surface area contributed by atoms with Gasteiger partial charge in [-0.15, -0.1) is 0 Å². The number of ether oxygens (including phenoxy) is 2. The smallest absolute Gasteiger partial charge is 0.339 e. The summed E-state index contributed by atoms with van der Waals surface area (Å²) < 4.78 is 10.4. The number of aromatic nitrogens is 2. The molecule has 19 nitrogen and oxygen atoms in total. The van der Waals surface area contributed by atoms with Crippen LogP contribution < -0.4 is 36.1 Å². The van der Waals surface area contributed by atoms with Crippen molar-refractivity contribution in [2.24, 2.45) is 0 Å². The van der Waals surface area contributed by atoms with Crippen molar-refractivity contribution in [1.82, 2.24) is 15.3 Å². The van der Waals surface area contributed by atoms with Gasteiger partial charge in [0.2, 0.25) is 5.91 Å². The van der Waals surface area contributed by atoms with Crippen LogP contribution >= 0.6 is 0 Å². The summed E-state index contributed by atoms with van der Waals surface area (Å²) in [4.78, 5) is 84.5. The molecule has 0 saturated carbocycles. The number of nitrogens with one attached hydrogen (secondary N) is 6. The molecule has 5 aromatic carbocycles. The topological polar surface area (TPSA) is 291 Å². The Morgan fingerprint density at radius 2 is 1.20 bits per heavy atom. The second-order valence-electron chi connectivity index (χ2n) is 14.1. The fourth-order valence-electron chi connectivity index (χ4n) is 6.31. The molecule has 332 valence electrons. The van der Waals surface area contributed by atoms with Gasteiger partial charge in [0.15, 0.2) is 23.0 Å². The van der Waals surface area contributed by atoms with Crippen LogP contribution in [0.3, 0.4) is 0 Å². The highest BCUT2D eigenvalue weighted by atomic mass is 16.5. The third-order valence-corrected chi connectivity index (χ3v) is 9.70. The third-order valence-electron chi connectivity index (χ3n) is 9.70. The summed E-state index contributed by atoms with van der Waals surface area (Å²) in [6.45, 7) is 1.64. The number of carboxylic acid groups (broad SMARTS) is 1. The Hall–Kier alpha value is -9.13. The number of phenolic OH excluding ortho intramolecular Hbond substituents is 2. The van der Waals surface area contributed by atoms with E-state index in [0.29, 0.717) is 22.6 Å². The van der Waals surface area contributed by atoms with Crippen LogP contribution in [0, 0.1) is 0 Å². The minimum atomic E-state index is -1.42. The van der Waals surface area contributed by atoms with E-state index in [0.717, 1.165) is 18.7 Å². The number of aromatic amines is 1. The van der Waals surface area contributed by atoms with Crippen LogP contribution in [-0.4, -0.2) is 86.2 Å². The molecule has 6 aromatic rings. The van der Waals surface area contributed by atoms with Gasteiger partial charge < -0.3 is 61.5 Å². The highest BCUT2D eigenvalue weighted by Gasteiger charge is 2.25. The second-order valence-corrected chi connectivity index (χ2v) is 14.1. The Morgan fingerprint density at radius 3 is 1.75 bits per heavy atom. The maximum atomic E-state index is 13.6. The zero-order chi connectivity index (χ0) is 46.8. The van der Waals surface area contributed by atoms with E-state index < -0.39 is 52.7 Å². The molecular weight excluding hydrogens is 843 g/mol. The lowest BCUT2D eigenvalue weighted by molar-refractivity contribution is -0.118. The van der Waals surface area contributed by atoms with Crippen molar-refractivity contribution in [2.75, 3.05) is 35.5 Å². The van der Waals surface area contributed by atoms with E-state index in [1.807, 2.05) is 0 Å². The molecule has 10 N–H and O–H groups in total. The first-order valence-corrected chi connectivity index (χ1v) is 19.4. The van der Waals surface area contributed by atoms with E-state index in [1.165, 1.54) is 86.4 Å². The van der Waals surface area contributed by atoms with Crippen LogP contribution in [0.1, 0.15) is 59.6 Å². The van der Waals surface area contributed by atoms with E-state index in [2.05, 4.69) is 36.6 Å². The molecule has 0 radical (unpaired) electrons. The van der Waals surface area contributed by atoms with Crippen molar-refractivity contribution < 1.29 is 58.7 Å². The molecule has 65 heavy (non-hydrogen) atoms. The van der Waals surface area contributed by atoms with Crippen molar-refractivity contribution in [1.29, 1.82) is 0 Å². The number of phenols is 3. The number of methoxy groups -OCH3 is 2.